The van der Waals surface area contributed by atoms with E-state index >= 15 is 0 Å². The first-order chi connectivity index (χ1) is 14.6. The minimum atomic E-state index is -0.103. The van der Waals surface area contributed by atoms with Crippen LogP contribution in [0, 0.1) is 6.92 Å². The molecule has 5 nitrogen and oxygen atoms in total. The summed E-state index contributed by atoms with van der Waals surface area (Å²) in [6, 6.07) is 19.0. The van der Waals surface area contributed by atoms with Gasteiger partial charge in [0.1, 0.15) is 5.82 Å². The Morgan fingerprint density at radius 3 is 2.53 bits per heavy atom. The molecule has 1 aliphatic rings. The van der Waals surface area contributed by atoms with Crippen molar-refractivity contribution in [2.24, 2.45) is 0 Å². The van der Waals surface area contributed by atoms with Gasteiger partial charge in [0.15, 0.2) is 11.5 Å². The summed E-state index contributed by atoms with van der Waals surface area (Å²) in [6.45, 7) is 2.23. The molecule has 5 rings (SSSR count). The highest BCUT2D eigenvalue weighted by Crippen LogP contribution is 2.37. The Kier molecular flexibility index (Phi) is 4.64. The fourth-order valence-electron chi connectivity index (χ4n) is 3.43. The van der Waals surface area contributed by atoms with E-state index in [2.05, 4.69) is 15.9 Å². The van der Waals surface area contributed by atoms with Crippen molar-refractivity contribution in [3.8, 4) is 17.2 Å². The van der Waals surface area contributed by atoms with Gasteiger partial charge in [0.05, 0.1) is 16.6 Å². The molecule has 0 saturated heterocycles. The number of halogens is 1. The smallest absolute Gasteiger partial charge is 0.266 e. The number of hydrogen-bond donors (Lipinski definition) is 0. The van der Waals surface area contributed by atoms with Crippen molar-refractivity contribution in [2.75, 3.05) is 6.79 Å². The summed E-state index contributed by atoms with van der Waals surface area (Å²) in [6.07, 6.45) is 3.75. The minimum absolute atomic E-state index is 0.103. The average molecular weight is 461 g/mol. The van der Waals surface area contributed by atoms with E-state index in [4.69, 9.17) is 14.5 Å². The Balaban J connectivity index is 1.68. The molecule has 1 aromatic heterocycles. The number of rotatable bonds is 3. The van der Waals surface area contributed by atoms with Crippen LogP contribution in [-0.2, 0) is 0 Å². The van der Waals surface area contributed by atoms with Gasteiger partial charge in [-0.25, -0.2) is 4.98 Å². The maximum absolute atomic E-state index is 13.3. The summed E-state index contributed by atoms with van der Waals surface area (Å²) in [5.74, 6) is 1.95. The van der Waals surface area contributed by atoms with Crippen molar-refractivity contribution >= 4 is 39.0 Å². The Labute approximate surface area is 181 Å². The van der Waals surface area contributed by atoms with Crippen molar-refractivity contribution in [3.05, 3.63) is 92.4 Å². The molecular formula is C24H17BrN2O3. The van der Waals surface area contributed by atoms with E-state index in [1.54, 1.807) is 10.6 Å². The number of nitrogens with zero attached hydrogens (tertiary/aromatic N) is 2. The van der Waals surface area contributed by atoms with E-state index < -0.39 is 0 Å². The zero-order chi connectivity index (χ0) is 20.7. The molecule has 0 spiro atoms. The summed E-state index contributed by atoms with van der Waals surface area (Å²) >= 11 is 3.57. The molecule has 148 valence electrons. The highest BCUT2D eigenvalue weighted by Gasteiger charge is 2.16. The van der Waals surface area contributed by atoms with Gasteiger partial charge < -0.3 is 9.47 Å². The van der Waals surface area contributed by atoms with Crippen LogP contribution in [0.15, 0.2) is 69.9 Å². The molecule has 0 fully saturated rings. The van der Waals surface area contributed by atoms with Crippen LogP contribution < -0.4 is 15.0 Å². The number of ether oxygens (including phenoxy) is 2. The quantitative estimate of drug-likeness (QED) is 0.413. The number of hydrogen-bond acceptors (Lipinski definition) is 4. The van der Waals surface area contributed by atoms with E-state index in [-0.39, 0.29) is 12.4 Å². The van der Waals surface area contributed by atoms with Crippen LogP contribution in [0.25, 0.3) is 28.7 Å². The van der Waals surface area contributed by atoms with Crippen molar-refractivity contribution in [3.63, 3.8) is 0 Å². The zero-order valence-corrected chi connectivity index (χ0v) is 17.7. The first kappa shape index (κ1) is 18.6. The van der Waals surface area contributed by atoms with Crippen LogP contribution in [0.1, 0.15) is 17.0 Å². The first-order valence-electron chi connectivity index (χ1n) is 9.46. The lowest BCUT2D eigenvalue weighted by Gasteiger charge is -2.12. The maximum atomic E-state index is 13.3. The fraction of sp³-hybridized carbons (Fsp3) is 0.0833. The summed E-state index contributed by atoms with van der Waals surface area (Å²) in [5.41, 5.74) is 3.36. The molecule has 0 bridgehead atoms. The molecular weight excluding hydrogens is 444 g/mol. The Morgan fingerprint density at radius 2 is 1.73 bits per heavy atom. The van der Waals surface area contributed by atoms with Crippen LogP contribution in [0.3, 0.4) is 0 Å². The lowest BCUT2D eigenvalue weighted by atomic mass is 10.1. The van der Waals surface area contributed by atoms with E-state index in [9.17, 15) is 4.79 Å². The summed E-state index contributed by atoms with van der Waals surface area (Å²) in [5, 5.41) is 0.583. The number of aryl methyl sites for hydroxylation is 1. The number of aromatic nitrogens is 2. The van der Waals surface area contributed by atoms with Gasteiger partial charge in [0.25, 0.3) is 5.56 Å². The van der Waals surface area contributed by atoms with Crippen LogP contribution in [0.2, 0.25) is 0 Å². The van der Waals surface area contributed by atoms with Gasteiger partial charge in [0, 0.05) is 4.47 Å². The molecule has 0 radical (unpaired) electrons. The molecule has 6 heteroatoms. The predicted molar refractivity (Wildman–Crippen MR) is 121 cm³/mol. The van der Waals surface area contributed by atoms with Crippen LogP contribution in [-0.4, -0.2) is 16.3 Å². The minimum Gasteiger partial charge on any atom is -0.454 e. The molecule has 0 saturated carbocycles. The first-order valence-corrected chi connectivity index (χ1v) is 10.3. The molecule has 0 atom stereocenters. The zero-order valence-electron chi connectivity index (χ0n) is 16.1. The molecule has 4 aromatic rings. The molecule has 0 N–H and O–H groups in total. The highest BCUT2D eigenvalue weighted by atomic mass is 79.9. The molecule has 2 heterocycles. The van der Waals surface area contributed by atoms with Gasteiger partial charge in [-0.1, -0.05) is 51.8 Å². The van der Waals surface area contributed by atoms with E-state index in [1.165, 1.54) is 0 Å². The molecule has 1 aliphatic heterocycles. The van der Waals surface area contributed by atoms with Gasteiger partial charge in [-0.3, -0.25) is 9.36 Å². The molecule has 0 unspecified atom stereocenters. The van der Waals surface area contributed by atoms with Gasteiger partial charge >= 0.3 is 0 Å². The van der Waals surface area contributed by atoms with Gasteiger partial charge in [-0.15, -0.1) is 0 Å². The summed E-state index contributed by atoms with van der Waals surface area (Å²) < 4.78 is 13.4. The Bertz CT molecular complexity index is 1360. The SMILES string of the molecule is Cc1ccc(-n2c(/C=C/c3cc4c(cc3Br)OCO4)nc3ccccc3c2=O)cc1. The second kappa shape index (κ2) is 7.46. The topological polar surface area (TPSA) is 53.4 Å². The normalized spacial score (nSPS) is 12.7. The number of fused-ring (bicyclic) bond motifs is 2. The third-order valence-corrected chi connectivity index (χ3v) is 5.68. The van der Waals surface area contributed by atoms with E-state index in [0.717, 1.165) is 21.3 Å². The average Bonchev–Trinajstić information content (AvgIpc) is 3.20. The lowest BCUT2D eigenvalue weighted by Crippen LogP contribution is -2.22. The van der Waals surface area contributed by atoms with Crippen LogP contribution >= 0.6 is 15.9 Å². The lowest BCUT2D eigenvalue weighted by molar-refractivity contribution is 0.174. The summed E-state index contributed by atoms with van der Waals surface area (Å²) in [4.78, 5) is 18.1. The number of benzene rings is 3. The van der Waals surface area contributed by atoms with Crippen molar-refractivity contribution in [1.29, 1.82) is 0 Å². The fourth-order valence-corrected chi connectivity index (χ4v) is 3.88. The standard InChI is InChI=1S/C24H17BrN2O3/c1-15-6-9-17(10-7-15)27-23(26-20-5-3-2-4-18(20)24(27)28)11-8-16-12-21-22(13-19(16)25)30-14-29-21/h2-13H,14H2,1H3/b11-8+. The maximum Gasteiger partial charge on any atom is 0.266 e. The monoisotopic (exact) mass is 460 g/mol. The third-order valence-electron chi connectivity index (χ3n) is 5.00. The number of para-hydroxylation sites is 1. The molecule has 3 aromatic carbocycles. The van der Waals surface area contributed by atoms with Crippen LogP contribution in [0.5, 0.6) is 11.5 Å². The van der Waals surface area contributed by atoms with E-state index in [0.29, 0.717) is 28.2 Å². The van der Waals surface area contributed by atoms with Crippen molar-refractivity contribution in [2.45, 2.75) is 6.92 Å². The summed E-state index contributed by atoms with van der Waals surface area (Å²) in [7, 11) is 0. The van der Waals surface area contributed by atoms with Gasteiger partial charge in [0.2, 0.25) is 6.79 Å². The van der Waals surface area contributed by atoms with Gasteiger partial charge in [-0.05, 0) is 55.0 Å². The largest absolute Gasteiger partial charge is 0.454 e. The van der Waals surface area contributed by atoms with Crippen molar-refractivity contribution < 1.29 is 9.47 Å². The van der Waals surface area contributed by atoms with Gasteiger partial charge in [-0.2, -0.15) is 0 Å². The van der Waals surface area contributed by atoms with Crippen molar-refractivity contribution in [1.82, 2.24) is 9.55 Å². The molecule has 0 aliphatic carbocycles. The predicted octanol–water partition coefficient (Wildman–Crippen LogP) is 5.36. The Hall–Kier alpha value is -3.38. The molecule has 0 amide bonds. The van der Waals surface area contributed by atoms with Crippen LogP contribution in [0.4, 0.5) is 0 Å². The molecule has 30 heavy (non-hydrogen) atoms. The Morgan fingerprint density at radius 1 is 1.00 bits per heavy atom. The second-order valence-corrected chi connectivity index (χ2v) is 7.88. The highest BCUT2D eigenvalue weighted by molar-refractivity contribution is 9.10. The second-order valence-electron chi connectivity index (χ2n) is 7.02. The third kappa shape index (κ3) is 3.29. The van der Waals surface area contributed by atoms with E-state index in [1.807, 2.05) is 73.7 Å².